The van der Waals surface area contributed by atoms with Crippen LogP contribution in [0.2, 0.25) is 0 Å². The lowest BCUT2D eigenvalue weighted by Crippen LogP contribution is -2.04. The molecule has 1 aromatic carbocycles. The van der Waals surface area contributed by atoms with Gasteiger partial charge in [-0.2, -0.15) is 13.2 Å². The zero-order chi connectivity index (χ0) is 12.9. The maximum Gasteiger partial charge on any atom is 0.416 e. The van der Waals surface area contributed by atoms with E-state index >= 15 is 0 Å². The van der Waals surface area contributed by atoms with E-state index in [1.165, 1.54) is 12.3 Å². The van der Waals surface area contributed by atoms with Gasteiger partial charge in [-0.3, -0.25) is 4.98 Å². The second-order valence-corrected chi connectivity index (χ2v) is 3.77. The van der Waals surface area contributed by atoms with Crippen molar-refractivity contribution in [2.45, 2.75) is 6.18 Å². The summed E-state index contributed by atoms with van der Waals surface area (Å²) in [6.07, 6.45) is -3.17. The molecule has 1 N–H and O–H groups in total. The van der Waals surface area contributed by atoms with Crippen LogP contribution < -0.4 is 5.63 Å². The van der Waals surface area contributed by atoms with Gasteiger partial charge in [-0.1, -0.05) is 0 Å². The Morgan fingerprint density at radius 3 is 2.72 bits per heavy atom. The zero-order valence-electron chi connectivity index (χ0n) is 8.71. The molecule has 0 spiro atoms. The quantitative estimate of drug-likeness (QED) is 0.671. The fourth-order valence-corrected chi connectivity index (χ4v) is 1.79. The number of nitrogens with one attached hydrogen (secondary N) is 1. The summed E-state index contributed by atoms with van der Waals surface area (Å²) in [6.45, 7) is 0. The molecule has 0 bridgehead atoms. The maximum absolute atomic E-state index is 12.6. The summed E-state index contributed by atoms with van der Waals surface area (Å²) in [5, 5.41) is 2.64. The first kappa shape index (κ1) is 10.8. The molecule has 0 aliphatic carbocycles. The fraction of sp³-hybridized carbons (Fsp3) is 0.0909. The summed E-state index contributed by atoms with van der Waals surface area (Å²) >= 11 is 0. The monoisotopic (exact) mass is 254 g/mol. The topological polar surface area (TPSA) is 58.9 Å². The molecule has 4 nitrogen and oxygen atoms in total. The van der Waals surface area contributed by atoms with E-state index in [-0.39, 0.29) is 16.3 Å². The molecule has 3 aromatic rings. The van der Waals surface area contributed by atoms with E-state index in [0.29, 0.717) is 5.52 Å². The molecule has 0 atom stereocenters. The third-order valence-electron chi connectivity index (χ3n) is 2.66. The minimum absolute atomic E-state index is 0.127. The van der Waals surface area contributed by atoms with Crippen molar-refractivity contribution in [1.82, 2.24) is 10.1 Å². The van der Waals surface area contributed by atoms with Gasteiger partial charge in [0.15, 0.2) is 0 Å². The van der Waals surface area contributed by atoms with E-state index < -0.39 is 17.4 Å². The van der Waals surface area contributed by atoms with Gasteiger partial charge in [-0.25, -0.2) is 9.95 Å². The predicted octanol–water partition coefficient (Wildman–Crippen LogP) is 2.69. The van der Waals surface area contributed by atoms with Crippen LogP contribution in [0.25, 0.3) is 21.8 Å². The second-order valence-electron chi connectivity index (χ2n) is 3.77. The number of hydrogen-bond acceptors (Lipinski definition) is 3. The summed E-state index contributed by atoms with van der Waals surface area (Å²) < 4.78 is 42.4. The molecule has 92 valence electrons. The number of pyridine rings is 1. The Hall–Kier alpha value is -2.31. The molecule has 3 rings (SSSR count). The summed E-state index contributed by atoms with van der Waals surface area (Å²) in [7, 11) is 0. The van der Waals surface area contributed by atoms with Crippen molar-refractivity contribution in [1.29, 1.82) is 0 Å². The van der Waals surface area contributed by atoms with Gasteiger partial charge in [0.05, 0.1) is 16.6 Å². The molecule has 2 aromatic heterocycles. The number of halogens is 3. The lowest BCUT2D eigenvalue weighted by Gasteiger charge is -2.07. The first-order valence-corrected chi connectivity index (χ1v) is 4.94. The van der Waals surface area contributed by atoms with Gasteiger partial charge in [0.2, 0.25) is 0 Å². The third kappa shape index (κ3) is 1.47. The molecule has 0 aliphatic heterocycles. The van der Waals surface area contributed by atoms with Crippen molar-refractivity contribution >= 4 is 21.8 Å². The van der Waals surface area contributed by atoms with E-state index in [2.05, 4.69) is 14.7 Å². The fourth-order valence-electron chi connectivity index (χ4n) is 1.79. The molecule has 7 heteroatoms. The molecule has 0 saturated carbocycles. The number of benzene rings is 1. The van der Waals surface area contributed by atoms with Crippen LogP contribution in [-0.2, 0) is 6.18 Å². The lowest BCUT2D eigenvalue weighted by molar-refractivity contribution is -0.137. The van der Waals surface area contributed by atoms with Crippen LogP contribution in [-0.4, -0.2) is 10.1 Å². The predicted molar refractivity (Wildman–Crippen MR) is 57.1 cm³/mol. The number of aromatic nitrogens is 2. The van der Waals surface area contributed by atoms with Gasteiger partial charge >= 0.3 is 11.8 Å². The van der Waals surface area contributed by atoms with Crippen molar-refractivity contribution in [3.05, 3.63) is 40.4 Å². The molecule has 18 heavy (non-hydrogen) atoms. The second kappa shape index (κ2) is 3.34. The summed E-state index contributed by atoms with van der Waals surface area (Å²) in [5.74, 6) is 0. The van der Waals surface area contributed by atoms with Crippen LogP contribution in [0.5, 0.6) is 0 Å². The lowest BCUT2D eigenvalue weighted by atomic mass is 10.1. The number of rotatable bonds is 0. The third-order valence-corrected chi connectivity index (χ3v) is 2.66. The number of hydrogen-bond donors (Lipinski definition) is 1. The van der Waals surface area contributed by atoms with Crippen LogP contribution in [0.4, 0.5) is 13.2 Å². The highest BCUT2D eigenvalue weighted by Gasteiger charge is 2.30. The Morgan fingerprint density at radius 2 is 2.00 bits per heavy atom. The molecule has 2 heterocycles. The van der Waals surface area contributed by atoms with E-state index in [1.54, 1.807) is 0 Å². The van der Waals surface area contributed by atoms with Gasteiger partial charge in [0.25, 0.3) is 0 Å². The van der Waals surface area contributed by atoms with Crippen LogP contribution >= 0.6 is 0 Å². The average molecular weight is 254 g/mol. The molecular weight excluding hydrogens is 249 g/mol. The van der Waals surface area contributed by atoms with E-state index in [1.807, 2.05) is 0 Å². The summed E-state index contributed by atoms with van der Waals surface area (Å²) in [6, 6.07) is 3.14. The van der Waals surface area contributed by atoms with Crippen LogP contribution in [0, 0.1) is 0 Å². The Balaban J connectivity index is 2.44. The minimum Gasteiger partial charge on any atom is -0.338 e. The van der Waals surface area contributed by atoms with E-state index in [9.17, 15) is 18.0 Å². The highest BCUT2D eigenvalue weighted by molar-refractivity contribution is 6.02. The van der Waals surface area contributed by atoms with Crippen LogP contribution in [0.15, 0.2) is 33.7 Å². The number of alkyl halides is 3. The average Bonchev–Trinajstić information content (AvgIpc) is 2.70. The molecular formula is C11H5F3N2O2. The number of fused-ring (bicyclic) bond motifs is 3. The molecule has 0 aliphatic rings. The van der Waals surface area contributed by atoms with Crippen molar-refractivity contribution in [2.24, 2.45) is 0 Å². The smallest absolute Gasteiger partial charge is 0.338 e. The van der Waals surface area contributed by atoms with Crippen molar-refractivity contribution in [3.8, 4) is 0 Å². The largest absolute Gasteiger partial charge is 0.416 e. The van der Waals surface area contributed by atoms with Crippen LogP contribution in [0.1, 0.15) is 5.56 Å². The maximum atomic E-state index is 12.6. The van der Waals surface area contributed by atoms with E-state index in [4.69, 9.17) is 0 Å². The standard InChI is InChI=1S/C11H5F3N2O2/c12-11(13,14)5-1-2-8-6(3-5)9-7(4-15-8)10(17)18-16-9/h1-4,16H. The molecule has 0 amide bonds. The minimum atomic E-state index is -4.44. The van der Waals surface area contributed by atoms with Gasteiger partial charge in [-0.05, 0) is 18.2 Å². The van der Waals surface area contributed by atoms with Gasteiger partial charge in [0, 0.05) is 11.6 Å². The summed E-state index contributed by atoms with van der Waals surface area (Å²) in [5.41, 5.74) is -0.883. The Bertz CT molecular complexity index is 801. The van der Waals surface area contributed by atoms with Crippen molar-refractivity contribution in [3.63, 3.8) is 0 Å². The molecule has 0 radical (unpaired) electrons. The normalized spacial score (nSPS) is 12.4. The van der Waals surface area contributed by atoms with Crippen LogP contribution in [0.3, 0.4) is 0 Å². The highest BCUT2D eigenvalue weighted by Crippen LogP contribution is 2.32. The number of nitrogens with zero attached hydrogens (tertiary/aromatic N) is 1. The van der Waals surface area contributed by atoms with Gasteiger partial charge in [-0.15, -0.1) is 0 Å². The Labute approximate surface area is 97.0 Å². The van der Waals surface area contributed by atoms with Gasteiger partial charge < -0.3 is 4.52 Å². The SMILES string of the molecule is O=c1o[nH]c2c1cnc1ccc(C(F)(F)F)cc12. The first-order valence-electron chi connectivity index (χ1n) is 4.94. The first-order chi connectivity index (χ1) is 8.47. The summed E-state index contributed by atoms with van der Waals surface area (Å²) in [4.78, 5) is 15.2. The zero-order valence-corrected chi connectivity index (χ0v) is 8.71. The van der Waals surface area contributed by atoms with E-state index in [0.717, 1.165) is 12.1 Å². The Morgan fingerprint density at radius 1 is 1.22 bits per heavy atom. The molecule has 0 unspecified atom stereocenters. The molecule has 0 saturated heterocycles. The van der Waals surface area contributed by atoms with Gasteiger partial charge in [0.1, 0.15) is 5.39 Å². The van der Waals surface area contributed by atoms with Crippen molar-refractivity contribution < 1.29 is 17.7 Å². The van der Waals surface area contributed by atoms with Crippen molar-refractivity contribution in [2.75, 3.05) is 0 Å². The number of H-pyrrole nitrogens is 1. The number of aromatic amines is 1. The molecule has 0 fully saturated rings. The Kier molecular flexibility index (Phi) is 2.01. The highest BCUT2D eigenvalue weighted by atomic mass is 19.4.